The number of ether oxygens (including phenoxy) is 3. The van der Waals surface area contributed by atoms with Gasteiger partial charge in [0.1, 0.15) is 32.8 Å². The molecule has 0 bridgehead atoms. The maximum absolute atomic E-state index is 6.56. The van der Waals surface area contributed by atoms with Crippen LogP contribution in [-0.4, -0.2) is 35.2 Å². The van der Waals surface area contributed by atoms with Gasteiger partial charge in [-0.3, -0.25) is 0 Å². The smallest absolute Gasteiger partial charge is 0.188 e. The highest BCUT2D eigenvalue weighted by Gasteiger charge is 2.53. The van der Waals surface area contributed by atoms with Crippen LogP contribution in [0.4, 0.5) is 0 Å². The Morgan fingerprint density at radius 2 is 2.04 bits per heavy atom. The van der Waals surface area contributed by atoms with Crippen LogP contribution in [0, 0.1) is 11.3 Å². The lowest BCUT2D eigenvalue weighted by Crippen LogP contribution is -2.55. The minimum absolute atomic E-state index is 0.0512. The molecule has 23 heavy (non-hydrogen) atoms. The Hall–Kier alpha value is -1.09. The summed E-state index contributed by atoms with van der Waals surface area (Å²) in [6, 6.07) is 4.28. The van der Waals surface area contributed by atoms with Crippen molar-refractivity contribution < 1.29 is 14.2 Å². The summed E-state index contributed by atoms with van der Waals surface area (Å²) in [5.74, 6) is 3.19. The lowest BCUT2D eigenvalue weighted by atomic mass is 9.49. The lowest BCUT2D eigenvalue weighted by molar-refractivity contribution is -0.0809. The van der Waals surface area contributed by atoms with Gasteiger partial charge in [-0.15, -0.1) is 0 Å². The second kappa shape index (κ2) is 5.77. The fraction of sp³-hybridized carbons (Fsp3) is 0.667. The van der Waals surface area contributed by atoms with Crippen molar-refractivity contribution in [3.8, 4) is 11.5 Å². The van der Waals surface area contributed by atoms with Gasteiger partial charge in [-0.05, 0) is 48.3 Å². The fourth-order valence-electron chi connectivity index (χ4n) is 4.49. The molecule has 1 saturated carbocycles. The van der Waals surface area contributed by atoms with Crippen LogP contribution in [0.15, 0.2) is 12.1 Å². The zero-order valence-electron chi connectivity index (χ0n) is 15.4. The Labute approximate surface area is 141 Å². The molecule has 3 rings (SSSR count). The van der Waals surface area contributed by atoms with Crippen LogP contribution < -0.4 is 14.9 Å². The number of rotatable bonds is 3. The average molecular weight is 314 g/mol. The van der Waals surface area contributed by atoms with Gasteiger partial charge in [0.05, 0.1) is 0 Å². The summed E-state index contributed by atoms with van der Waals surface area (Å²) in [5, 5.41) is 0. The highest BCUT2D eigenvalue weighted by atomic mass is 16.7. The van der Waals surface area contributed by atoms with E-state index in [9.17, 15) is 0 Å². The average Bonchev–Trinajstić information content (AvgIpc) is 2.49. The summed E-state index contributed by atoms with van der Waals surface area (Å²) < 4.78 is 17.3. The molecular formula is C18H28B2O3. The largest absolute Gasteiger partial charge is 0.487 e. The van der Waals surface area contributed by atoms with Gasteiger partial charge in [-0.25, -0.2) is 0 Å². The monoisotopic (exact) mass is 314 g/mol. The standard InChI is InChI=1S/C18H28B2O3/c1-17(2)15-8-11-7-14(22-10-21-4)12(19)9-13(11)23-18(15,3)6-5-16(17)20/h7,9,15-16H,5-6,8,10,19-20H2,1-4H3/t15?,16-,18-/m0/s1. The Kier molecular flexibility index (Phi) is 4.20. The Balaban J connectivity index is 1.97. The van der Waals surface area contributed by atoms with Crippen LogP contribution >= 0.6 is 0 Å². The Morgan fingerprint density at radius 1 is 1.30 bits per heavy atom. The molecule has 0 aromatic heterocycles. The fourth-order valence-corrected chi connectivity index (χ4v) is 4.49. The Bertz CT molecular complexity index is 602. The van der Waals surface area contributed by atoms with E-state index < -0.39 is 0 Å². The molecule has 0 N–H and O–H groups in total. The van der Waals surface area contributed by atoms with Gasteiger partial charge in [0.15, 0.2) is 6.79 Å². The van der Waals surface area contributed by atoms with Crippen molar-refractivity contribution in [2.45, 2.75) is 51.5 Å². The molecular weight excluding hydrogens is 286 g/mol. The molecule has 1 fully saturated rings. The van der Waals surface area contributed by atoms with Gasteiger partial charge >= 0.3 is 0 Å². The molecule has 0 saturated heterocycles. The van der Waals surface area contributed by atoms with Crippen LogP contribution in [0.1, 0.15) is 39.2 Å². The van der Waals surface area contributed by atoms with Crippen LogP contribution in [0.25, 0.3) is 0 Å². The van der Waals surface area contributed by atoms with E-state index in [4.69, 9.17) is 14.2 Å². The van der Waals surface area contributed by atoms with Crippen LogP contribution in [0.5, 0.6) is 11.5 Å². The molecule has 3 nitrogen and oxygen atoms in total. The van der Waals surface area contributed by atoms with E-state index in [1.807, 2.05) is 0 Å². The zero-order chi connectivity index (χ0) is 16.8. The van der Waals surface area contributed by atoms with Crippen LogP contribution in [0.3, 0.4) is 0 Å². The maximum Gasteiger partial charge on any atom is 0.188 e. The van der Waals surface area contributed by atoms with E-state index in [-0.39, 0.29) is 17.8 Å². The van der Waals surface area contributed by atoms with E-state index in [0.29, 0.717) is 5.92 Å². The van der Waals surface area contributed by atoms with Gasteiger partial charge in [-0.1, -0.05) is 26.1 Å². The lowest BCUT2D eigenvalue weighted by Gasteiger charge is -2.56. The third kappa shape index (κ3) is 2.77. The summed E-state index contributed by atoms with van der Waals surface area (Å²) in [4.78, 5) is 0. The SMILES string of the molecule is Bc1cc2c(cc1OCOC)CC1C(C)(C)[C@@H](B)CC[C@]1(C)O2. The minimum atomic E-state index is -0.0512. The number of methoxy groups -OCH3 is 1. The quantitative estimate of drug-likeness (QED) is 0.625. The summed E-state index contributed by atoms with van der Waals surface area (Å²) in [6.07, 6.45) is 3.44. The summed E-state index contributed by atoms with van der Waals surface area (Å²) >= 11 is 0. The van der Waals surface area contributed by atoms with E-state index >= 15 is 0 Å². The number of benzene rings is 1. The second-order valence-electron chi connectivity index (χ2n) is 8.21. The van der Waals surface area contributed by atoms with Crippen molar-refractivity contribution in [1.82, 2.24) is 0 Å². The number of hydrogen-bond donors (Lipinski definition) is 0. The highest BCUT2D eigenvalue weighted by Crippen LogP contribution is 2.56. The topological polar surface area (TPSA) is 27.7 Å². The first kappa shape index (κ1) is 16.8. The molecule has 5 heteroatoms. The first-order valence-electron chi connectivity index (χ1n) is 8.72. The molecule has 1 heterocycles. The van der Waals surface area contributed by atoms with E-state index in [2.05, 4.69) is 48.6 Å². The first-order chi connectivity index (χ1) is 10.8. The zero-order valence-corrected chi connectivity index (χ0v) is 15.4. The highest BCUT2D eigenvalue weighted by molar-refractivity contribution is 6.34. The van der Waals surface area contributed by atoms with Gasteiger partial charge in [-0.2, -0.15) is 0 Å². The van der Waals surface area contributed by atoms with E-state index in [0.717, 1.165) is 35.6 Å². The molecule has 3 atom stereocenters. The summed E-state index contributed by atoms with van der Waals surface area (Å²) in [7, 11) is 6.10. The van der Waals surface area contributed by atoms with Crippen molar-refractivity contribution >= 4 is 21.2 Å². The predicted molar refractivity (Wildman–Crippen MR) is 98.7 cm³/mol. The van der Waals surface area contributed by atoms with Crippen molar-refractivity contribution in [2.75, 3.05) is 13.9 Å². The number of hydrogen-bond acceptors (Lipinski definition) is 3. The molecule has 1 aromatic rings. The van der Waals surface area contributed by atoms with Gasteiger partial charge in [0.2, 0.25) is 0 Å². The van der Waals surface area contributed by atoms with Crippen LogP contribution in [-0.2, 0) is 11.2 Å². The molecule has 1 aromatic carbocycles. The van der Waals surface area contributed by atoms with E-state index in [1.54, 1.807) is 7.11 Å². The predicted octanol–water partition coefficient (Wildman–Crippen LogP) is 1.48. The third-order valence-corrected chi connectivity index (χ3v) is 6.44. The first-order valence-corrected chi connectivity index (χ1v) is 8.72. The van der Waals surface area contributed by atoms with Gasteiger partial charge < -0.3 is 14.2 Å². The maximum atomic E-state index is 6.56. The third-order valence-electron chi connectivity index (χ3n) is 6.44. The molecule has 2 aliphatic rings. The van der Waals surface area contributed by atoms with Crippen molar-refractivity contribution in [2.24, 2.45) is 11.3 Å². The molecule has 0 spiro atoms. The molecule has 0 amide bonds. The van der Waals surface area contributed by atoms with Crippen molar-refractivity contribution in [3.63, 3.8) is 0 Å². The molecule has 1 aliphatic carbocycles. The summed E-state index contributed by atoms with van der Waals surface area (Å²) in [5.41, 5.74) is 2.60. The van der Waals surface area contributed by atoms with Gasteiger partial charge in [0, 0.05) is 13.0 Å². The Morgan fingerprint density at radius 3 is 2.74 bits per heavy atom. The van der Waals surface area contributed by atoms with Crippen molar-refractivity contribution in [3.05, 3.63) is 17.7 Å². The molecule has 0 radical (unpaired) electrons. The molecule has 124 valence electrons. The number of fused-ring (bicyclic) bond motifs is 2. The molecule has 1 aliphatic heterocycles. The van der Waals surface area contributed by atoms with Crippen LogP contribution in [0.2, 0.25) is 5.82 Å². The minimum Gasteiger partial charge on any atom is -0.487 e. The normalized spacial score (nSPS) is 31.7. The molecule has 1 unspecified atom stereocenters. The van der Waals surface area contributed by atoms with Crippen molar-refractivity contribution in [1.29, 1.82) is 0 Å². The second-order valence-corrected chi connectivity index (χ2v) is 8.21. The van der Waals surface area contributed by atoms with Gasteiger partial charge in [0.25, 0.3) is 0 Å². The summed E-state index contributed by atoms with van der Waals surface area (Å²) in [6.45, 7) is 7.40. The van der Waals surface area contributed by atoms with E-state index in [1.165, 1.54) is 12.0 Å².